The zero-order valence-electron chi connectivity index (χ0n) is 11.2. The highest BCUT2D eigenvalue weighted by Gasteiger charge is 2.34. The Kier molecular flexibility index (Phi) is 4.11. The van der Waals surface area contributed by atoms with Crippen molar-refractivity contribution in [1.29, 1.82) is 0 Å². The minimum Gasteiger partial charge on any atom is -0.289 e. The molecule has 21 heavy (non-hydrogen) atoms. The fourth-order valence-corrected chi connectivity index (χ4v) is 2.09. The Hall–Kier alpha value is -2.17. The van der Waals surface area contributed by atoms with Crippen LogP contribution in [0.2, 0.25) is 0 Å². The lowest BCUT2D eigenvalue weighted by Crippen LogP contribution is -2.11. The van der Waals surface area contributed by atoms with Crippen LogP contribution in [0.25, 0.3) is 0 Å². The molecule has 0 unspecified atom stereocenters. The minimum atomic E-state index is -4.83. The largest absolute Gasteiger partial charge is 0.419 e. The maximum absolute atomic E-state index is 13.2. The Morgan fingerprint density at radius 1 is 1.10 bits per heavy atom. The van der Waals surface area contributed by atoms with Gasteiger partial charge in [0.15, 0.2) is 5.78 Å². The lowest BCUT2D eigenvalue weighted by molar-refractivity contribution is -0.140. The summed E-state index contributed by atoms with van der Waals surface area (Å²) in [5, 5.41) is 0. The zero-order valence-corrected chi connectivity index (χ0v) is 11.2. The molecule has 0 bridgehead atoms. The number of aryl methyl sites for hydroxylation is 1. The van der Waals surface area contributed by atoms with Crippen LogP contribution >= 0.6 is 0 Å². The van der Waals surface area contributed by atoms with Crippen LogP contribution in [0.1, 0.15) is 34.0 Å². The fraction of sp³-hybridized carbons (Fsp3) is 0.188. The van der Waals surface area contributed by atoms with E-state index in [1.54, 1.807) is 24.3 Å². The van der Waals surface area contributed by atoms with Crippen LogP contribution in [0.5, 0.6) is 0 Å². The maximum Gasteiger partial charge on any atom is 0.419 e. The molecule has 0 aliphatic carbocycles. The van der Waals surface area contributed by atoms with Gasteiger partial charge in [0.05, 0.1) is 5.56 Å². The van der Waals surface area contributed by atoms with Crippen molar-refractivity contribution in [3.05, 3.63) is 70.5 Å². The summed E-state index contributed by atoms with van der Waals surface area (Å²) in [6.45, 7) is 1.85. The first-order chi connectivity index (χ1) is 9.84. The van der Waals surface area contributed by atoms with E-state index in [-0.39, 0.29) is 5.56 Å². The van der Waals surface area contributed by atoms with Gasteiger partial charge < -0.3 is 0 Å². The van der Waals surface area contributed by atoms with Gasteiger partial charge in [0.1, 0.15) is 5.82 Å². The molecule has 1 nitrogen and oxygen atoms in total. The van der Waals surface area contributed by atoms with Crippen molar-refractivity contribution in [3.63, 3.8) is 0 Å². The number of alkyl halides is 3. The third-order valence-corrected chi connectivity index (χ3v) is 3.18. The average molecular weight is 296 g/mol. The molecule has 0 radical (unpaired) electrons. The van der Waals surface area contributed by atoms with Crippen molar-refractivity contribution in [2.75, 3.05) is 0 Å². The molecular formula is C16H12F4O. The van der Waals surface area contributed by atoms with Gasteiger partial charge in [-0.25, -0.2) is 4.39 Å². The Bertz CT molecular complexity index is 674. The summed E-state index contributed by atoms with van der Waals surface area (Å²) in [5.74, 6) is -1.93. The monoisotopic (exact) mass is 296 g/mol. The minimum absolute atomic E-state index is 0.176. The normalized spacial score (nSPS) is 11.5. The van der Waals surface area contributed by atoms with E-state index in [0.29, 0.717) is 24.1 Å². The first kappa shape index (κ1) is 15.2. The highest BCUT2D eigenvalue weighted by atomic mass is 19.4. The van der Waals surface area contributed by atoms with Gasteiger partial charge in [0.25, 0.3) is 0 Å². The van der Waals surface area contributed by atoms with Crippen LogP contribution in [-0.4, -0.2) is 5.78 Å². The molecule has 0 aliphatic rings. The van der Waals surface area contributed by atoms with E-state index in [1.807, 2.05) is 6.92 Å². The lowest BCUT2D eigenvalue weighted by atomic mass is 9.96. The van der Waals surface area contributed by atoms with Gasteiger partial charge in [-0.3, -0.25) is 4.79 Å². The third-order valence-electron chi connectivity index (χ3n) is 3.18. The maximum atomic E-state index is 13.2. The van der Waals surface area contributed by atoms with E-state index in [2.05, 4.69) is 0 Å². The highest BCUT2D eigenvalue weighted by Crippen LogP contribution is 2.32. The number of hydrogen-bond donors (Lipinski definition) is 0. The Labute approximate surface area is 119 Å². The lowest BCUT2D eigenvalue weighted by Gasteiger charge is -2.11. The van der Waals surface area contributed by atoms with E-state index in [9.17, 15) is 22.4 Å². The molecule has 0 aliphatic heterocycles. The fourth-order valence-electron chi connectivity index (χ4n) is 2.09. The summed E-state index contributed by atoms with van der Waals surface area (Å²) in [6, 6.07) is 8.98. The summed E-state index contributed by atoms with van der Waals surface area (Å²) in [4.78, 5) is 12.3. The zero-order chi connectivity index (χ0) is 15.6. The van der Waals surface area contributed by atoms with Crippen LogP contribution in [0.4, 0.5) is 17.6 Å². The predicted octanol–water partition coefficient (Wildman–Crippen LogP) is 4.64. The van der Waals surface area contributed by atoms with Crippen LogP contribution in [-0.2, 0) is 12.6 Å². The van der Waals surface area contributed by atoms with Crippen molar-refractivity contribution < 1.29 is 22.4 Å². The molecular weight excluding hydrogens is 284 g/mol. The molecule has 0 spiro atoms. The van der Waals surface area contributed by atoms with Gasteiger partial charge >= 0.3 is 6.18 Å². The average Bonchev–Trinajstić information content (AvgIpc) is 2.45. The standard InChI is InChI=1S/C16H12F4O/c1-2-10-5-3-4-6-12(10)15(21)11-7-8-14(17)13(9-11)16(18,19)20/h3-9H,2H2,1H3. The first-order valence-corrected chi connectivity index (χ1v) is 6.34. The SMILES string of the molecule is CCc1ccccc1C(=O)c1ccc(F)c(C(F)(F)F)c1. The highest BCUT2D eigenvalue weighted by molar-refractivity contribution is 6.10. The van der Waals surface area contributed by atoms with Gasteiger partial charge in [-0.15, -0.1) is 0 Å². The van der Waals surface area contributed by atoms with Crippen molar-refractivity contribution >= 4 is 5.78 Å². The second-order valence-corrected chi connectivity index (χ2v) is 4.53. The second kappa shape index (κ2) is 5.68. The van der Waals surface area contributed by atoms with Gasteiger partial charge in [-0.1, -0.05) is 31.2 Å². The summed E-state index contributed by atoms with van der Waals surface area (Å²) in [5.41, 5.74) is -0.535. The number of benzene rings is 2. The van der Waals surface area contributed by atoms with Crippen molar-refractivity contribution in [2.45, 2.75) is 19.5 Å². The van der Waals surface area contributed by atoms with Crippen molar-refractivity contribution in [3.8, 4) is 0 Å². The molecule has 2 aromatic carbocycles. The number of halogens is 4. The summed E-state index contributed by atoms with van der Waals surface area (Å²) in [7, 11) is 0. The quantitative estimate of drug-likeness (QED) is 0.596. The first-order valence-electron chi connectivity index (χ1n) is 6.34. The molecule has 2 rings (SSSR count). The van der Waals surface area contributed by atoms with Gasteiger partial charge in [0, 0.05) is 11.1 Å². The number of hydrogen-bond acceptors (Lipinski definition) is 1. The molecule has 0 heterocycles. The summed E-state index contributed by atoms with van der Waals surface area (Å²) < 4.78 is 51.3. The van der Waals surface area contributed by atoms with Crippen LogP contribution in [0, 0.1) is 5.82 Å². The second-order valence-electron chi connectivity index (χ2n) is 4.53. The number of ketones is 1. The molecule has 0 fully saturated rings. The molecule has 110 valence electrons. The number of carbonyl (C=O) groups excluding carboxylic acids is 1. The van der Waals surface area contributed by atoms with Crippen LogP contribution < -0.4 is 0 Å². The molecule has 0 saturated carbocycles. The molecule has 5 heteroatoms. The third kappa shape index (κ3) is 3.12. The van der Waals surface area contributed by atoms with E-state index in [1.165, 1.54) is 0 Å². The van der Waals surface area contributed by atoms with Crippen molar-refractivity contribution in [1.82, 2.24) is 0 Å². The Balaban J connectivity index is 2.50. The van der Waals surface area contributed by atoms with Crippen LogP contribution in [0.15, 0.2) is 42.5 Å². The van der Waals surface area contributed by atoms with E-state index >= 15 is 0 Å². The smallest absolute Gasteiger partial charge is 0.289 e. The van der Waals surface area contributed by atoms with Crippen molar-refractivity contribution in [2.24, 2.45) is 0 Å². The number of carbonyl (C=O) groups is 1. The summed E-state index contributed by atoms with van der Waals surface area (Å²) >= 11 is 0. The molecule has 0 amide bonds. The number of rotatable bonds is 3. The molecule has 0 atom stereocenters. The molecule has 0 N–H and O–H groups in total. The van der Waals surface area contributed by atoms with Gasteiger partial charge in [0.2, 0.25) is 0 Å². The predicted molar refractivity (Wildman–Crippen MR) is 70.7 cm³/mol. The molecule has 2 aromatic rings. The topological polar surface area (TPSA) is 17.1 Å². The summed E-state index contributed by atoms with van der Waals surface area (Å²) in [6.07, 6.45) is -4.25. The molecule has 0 aromatic heterocycles. The Morgan fingerprint density at radius 3 is 2.38 bits per heavy atom. The Morgan fingerprint density at radius 2 is 1.76 bits per heavy atom. The van der Waals surface area contributed by atoms with Gasteiger partial charge in [-0.05, 0) is 30.2 Å². The van der Waals surface area contributed by atoms with E-state index in [4.69, 9.17) is 0 Å². The van der Waals surface area contributed by atoms with E-state index < -0.39 is 23.3 Å². The van der Waals surface area contributed by atoms with Crippen LogP contribution in [0.3, 0.4) is 0 Å². The molecule has 0 saturated heterocycles. The van der Waals surface area contributed by atoms with Gasteiger partial charge in [-0.2, -0.15) is 13.2 Å². The van der Waals surface area contributed by atoms with E-state index in [0.717, 1.165) is 11.6 Å².